The smallest absolute Gasteiger partial charge is 0.410 e. The third-order valence-electron chi connectivity index (χ3n) is 3.79. The molecule has 2 unspecified atom stereocenters. The van der Waals surface area contributed by atoms with Crippen molar-refractivity contribution in [3.05, 3.63) is 29.8 Å². The molecule has 2 N–H and O–H groups in total. The van der Waals surface area contributed by atoms with E-state index in [1.54, 1.807) is 29.2 Å². The lowest BCUT2D eigenvalue weighted by Crippen LogP contribution is -2.44. The van der Waals surface area contributed by atoms with E-state index in [-0.39, 0.29) is 17.8 Å². The van der Waals surface area contributed by atoms with E-state index in [0.29, 0.717) is 13.1 Å². The first kappa shape index (κ1) is 16.6. The molecule has 2 rings (SSSR count). The van der Waals surface area contributed by atoms with E-state index < -0.39 is 11.7 Å². The number of phenolic OH excluding ortho intramolecular Hbond substituents is 1. The number of ether oxygens (including phenoxy) is 1. The largest absolute Gasteiger partial charge is 0.508 e. The Morgan fingerprint density at radius 1 is 1.32 bits per heavy atom. The highest BCUT2D eigenvalue weighted by Gasteiger charge is 2.31. The number of aliphatic hydroxyl groups excluding tert-OH is 1. The summed E-state index contributed by atoms with van der Waals surface area (Å²) in [7, 11) is 0. The fraction of sp³-hybridized carbons (Fsp3) is 0.588. The van der Waals surface area contributed by atoms with E-state index in [4.69, 9.17) is 4.74 Å². The molecular weight excluding hydrogens is 282 g/mol. The zero-order valence-electron chi connectivity index (χ0n) is 13.5. The molecule has 22 heavy (non-hydrogen) atoms. The van der Waals surface area contributed by atoms with Crippen LogP contribution in [0.15, 0.2) is 24.3 Å². The summed E-state index contributed by atoms with van der Waals surface area (Å²) in [5, 5.41) is 19.8. The van der Waals surface area contributed by atoms with Crippen LogP contribution in [0.4, 0.5) is 4.79 Å². The van der Waals surface area contributed by atoms with E-state index >= 15 is 0 Å². The van der Waals surface area contributed by atoms with Crippen LogP contribution in [0.1, 0.15) is 45.3 Å². The van der Waals surface area contributed by atoms with Gasteiger partial charge in [-0.25, -0.2) is 4.79 Å². The highest BCUT2D eigenvalue weighted by Crippen LogP contribution is 2.31. The van der Waals surface area contributed by atoms with Gasteiger partial charge in [-0.1, -0.05) is 12.1 Å². The summed E-state index contributed by atoms with van der Waals surface area (Å²) in [4.78, 5) is 13.8. The number of aliphatic hydroxyl groups is 1. The molecule has 0 spiro atoms. The van der Waals surface area contributed by atoms with Crippen molar-refractivity contribution in [3.63, 3.8) is 0 Å². The van der Waals surface area contributed by atoms with Crippen LogP contribution in [0.2, 0.25) is 0 Å². The molecule has 1 amide bonds. The van der Waals surface area contributed by atoms with Crippen molar-refractivity contribution in [2.24, 2.45) is 5.92 Å². The van der Waals surface area contributed by atoms with Gasteiger partial charge in [0.05, 0.1) is 6.10 Å². The summed E-state index contributed by atoms with van der Waals surface area (Å²) >= 11 is 0. The Hall–Kier alpha value is -1.75. The number of rotatable bonds is 2. The van der Waals surface area contributed by atoms with Crippen molar-refractivity contribution in [3.8, 4) is 5.75 Å². The lowest BCUT2D eigenvalue weighted by molar-refractivity contribution is 0.00239. The molecule has 1 aromatic rings. The number of likely N-dealkylation sites (tertiary alicyclic amines) is 1. The number of phenols is 1. The van der Waals surface area contributed by atoms with Gasteiger partial charge >= 0.3 is 6.09 Å². The maximum atomic E-state index is 12.2. The summed E-state index contributed by atoms with van der Waals surface area (Å²) < 4.78 is 5.40. The molecule has 0 aliphatic carbocycles. The fourth-order valence-corrected chi connectivity index (χ4v) is 2.70. The van der Waals surface area contributed by atoms with Crippen molar-refractivity contribution in [2.45, 2.75) is 45.3 Å². The minimum Gasteiger partial charge on any atom is -0.508 e. The van der Waals surface area contributed by atoms with Gasteiger partial charge in [-0.3, -0.25) is 0 Å². The Labute approximate surface area is 131 Å². The van der Waals surface area contributed by atoms with Crippen molar-refractivity contribution < 1.29 is 19.7 Å². The first-order chi connectivity index (χ1) is 10.3. The van der Waals surface area contributed by atoms with E-state index in [0.717, 1.165) is 18.4 Å². The van der Waals surface area contributed by atoms with Gasteiger partial charge in [-0.05, 0) is 51.3 Å². The first-order valence-corrected chi connectivity index (χ1v) is 7.71. The van der Waals surface area contributed by atoms with Crippen LogP contribution in [0.3, 0.4) is 0 Å². The second kappa shape index (κ2) is 6.57. The molecule has 0 bridgehead atoms. The van der Waals surface area contributed by atoms with Gasteiger partial charge in [-0.15, -0.1) is 0 Å². The van der Waals surface area contributed by atoms with Crippen LogP contribution in [0.25, 0.3) is 0 Å². The Kier molecular flexibility index (Phi) is 4.96. The van der Waals surface area contributed by atoms with Gasteiger partial charge in [0.2, 0.25) is 0 Å². The quantitative estimate of drug-likeness (QED) is 0.881. The predicted molar refractivity (Wildman–Crippen MR) is 83.6 cm³/mol. The van der Waals surface area contributed by atoms with E-state index in [1.165, 1.54) is 0 Å². The summed E-state index contributed by atoms with van der Waals surface area (Å²) in [6.07, 6.45) is 0.737. The van der Waals surface area contributed by atoms with Crippen LogP contribution < -0.4 is 0 Å². The molecular formula is C17H25NO4. The molecule has 1 aromatic carbocycles. The topological polar surface area (TPSA) is 70.0 Å². The average Bonchev–Trinajstić information content (AvgIpc) is 2.46. The highest BCUT2D eigenvalue weighted by molar-refractivity contribution is 5.68. The Morgan fingerprint density at radius 2 is 1.95 bits per heavy atom. The number of carbonyl (C=O) groups excluding carboxylic acids is 1. The molecule has 122 valence electrons. The van der Waals surface area contributed by atoms with Crippen LogP contribution in [0, 0.1) is 5.92 Å². The number of carbonyl (C=O) groups is 1. The Balaban J connectivity index is 2.00. The van der Waals surface area contributed by atoms with Crippen molar-refractivity contribution >= 4 is 6.09 Å². The van der Waals surface area contributed by atoms with Gasteiger partial charge in [0, 0.05) is 19.0 Å². The van der Waals surface area contributed by atoms with Gasteiger partial charge in [-0.2, -0.15) is 0 Å². The van der Waals surface area contributed by atoms with Crippen LogP contribution in [-0.2, 0) is 4.74 Å². The molecule has 5 heteroatoms. The SMILES string of the molecule is CC(C)(C)OC(=O)N1CCCC(C(O)c2ccc(O)cc2)C1. The molecule has 0 radical (unpaired) electrons. The van der Waals surface area contributed by atoms with Crippen LogP contribution in [0.5, 0.6) is 5.75 Å². The molecule has 1 aliphatic heterocycles. The predicted octanol–water partition coefficient (Wildman–Crippen LogP) is 3.07. The summed E-state index contributed by atoms with van der Waals surface area (Å²) in [6, 6.07) is 6.55. The number of hydrogen-bond acceptors (Lipinski definition) is 4. The minimum atomic E-state index is -0.647. The third-order valence-corrected chi connectivity index (χ3v) is 3.79. The fourth-order valence-electron chi connectivity index (χ4n) is 2.70. The zero-order valence-corrected chi connectivity index (χ0v) is 13.5. The number of amides is 1. The molecule has 2 atom stereocenters. The van der Waals surface area contributed by atoms with Crippen LogP contribution >= 0.6 is 0 Å². The molecule has 1 saturated heterocycles. The summed E-state index contributed by atoms with van der Waals surface area (Å²) in [5.74, 6) is 0.154. The van der Waals surface area contributed by atoms with E-state index in [9.17, 15) is 15.0 Å². The van der Waals surface area contributed by atoms with E-state index in [1.807, 2.05) is 20.8 Å². The molecule has 1 aliphatic rings. The molecule has 5 nitrogen and oxygen atoms in total. The first-order valence-electron chi connectivity index (χ1n) is 7.71. The molecule has 0 saturated carbocycles. The van der Waals surface area contributed by atoms with Crippen molar-refractivity contribution in [2.75, 3.05) is 13.1 Å². The minimum absolute atomic E-state index is 0.0224. The maximum absolute atomic E-state index is 12.2. The Bertz CT molecular complexity index is 506. The van der Waals surface area contributed by atoms with Gasteiger partial charge < -0.3 is 19.8 Å². The van der Waals surface area contributed by atoms with E-state index in [2.05, 4.69) is 0 Å². The molecule has 1 heterocycles. The van der Waals surface area contributed by atoms with Crippen LogP contribution in [-0.4, -0.2) is 39.9 Å². The molecule has 1 fully saturated rings. The molecule has 0 aromatic heterocycles. The van der Waals surface area contributed by atoms with Crippen molar-refractivity contribution in [1.29, 1.82) is 0 Å². The number of nitrogens with zero attached hydrogens (tertiary/aromatic N) is 1. The monoisotopic (exact) mass is 307 g/mol. The second-order valence-corrected chi connectivity index (χ2v) is 6.87. The van der Waals surface area contributed by atoms with Gasteiger partial charge in [0.25, 0.3) is 0 Å². The normalized spacial score (nSPS) is 20.5. The number of benzene rings is 1. The maximum Gasteiger partial charge on any atom is 0.410 e. The number of piperidine rings is 1. The lowest BCUT2D eigenvalue weighted by Gasteiger charge is -2.36. The standard InChI is InChI=1S/C17H25NO4/c1-17(2,3)22-16(21)18-10-4-5-13(11-18)15(20)12-6-8-14(19)9-7-12/h6-9,13,15,19-20H,4-5,10-11H2,1-3H3. The summed E-state index contributed by atoms with van der Waals surface area (Å²) in [5.41, 5.74) is 0.244. The third kappa shape index (κ3) is 4.37. The number of hydrogen-bond donors (Lipinski definition) is 2. The lowest BCUT2D eigenvalue weighted by atomic mass is 9.88. The Morgan fingerprint density at radius 3 is 2.55 bits per heavy atom. The van der Waals surface area contributed by atoms with Gasteiger partial charge in [0.1, 0.15) is 11.4 Å². The van der Waals surface area contributed by atoms with Crippen molar-refractivity contribution in [1.82, 2.24) is 4.90 Å². The average molecular weight is 307 g/mol. The van der Waals surface area contributed by atoms with Gasteiger partial charge in [0.15, 0.2) is 0 Å². The number of aromatic hydroxyl groups is 1. The zero-order chi connectivity index (χ0) is 16.3. The second-order valence-electron chi connectivity index (χ2n) is 6.87. The highest BCUT2D eigenvalue weighted by atomic mass is 16.6. The summed E-state index contributed by atoms with van der Waals surface area (Å²) in [6.45, 7) is 6.68.